The Labute approximate surface area is 135 Å². The lowest BCUT2D eigenvalue weighted by molar-refractivity contribution is -0.116. The van der Waals surface area contributed by atoms with Crippen LogP contribution in [-0.4, -0.2) is 34.5 Å². The van der Waals surface area contributed by atoms with Gasteiger partial charge in [0.15, 0.2) is 0 Å². The Morgan fingerprint density at radius 1 is 1.17 bits per heavy atom. The van der Waals surface area contributed by atoms with Crippen molar-refractivity contribution in [1.29, 1.82) is 0 Å². The number of nitrogens with one attached hydrogen (secondary N) is 1. The molecule has 3 rings (SSSR count). The molecule has 0 radical (unpaired) electrons. The molecule has 1 heterocycles. The van der Waals surface area contributed by atoms with E-state index in [1.807, 2.05) is 0 Å². The lowest BCUT2D eigenvalue weighted by Gasteiger charge is -2.19. The van der Waals surface area contributed by atoms with Gasteiger partial charge in [-0.1, -0.05) is 0 Å². The first-order valence-corrected chi connectivity index (χ1v) is 10.4. The molecule has 1 N–H and O–H groups in total. The van der Waals surface area contributed by atoms with Crippen molar-refractivity contribution in [2.45, 2.75) is 44.0 Å². The summed E-state index contributed by atoms with van der Waals surface area (Å²) < 4.78 is 52.3. The summed E-state index contributed by atoms with van der Waals surface area (Å²) in [7, 11) is -7.31. The number of carbonyl (C=O) groups excluding carboxylic acids is 1. The Hall–Kier alpha value is -1.45. The van der Waals surface area contributed by atoms with Crippen molar-refractivity contribution >= 4 is 31.6 Å². The van der Waals surface area contributed by atoms with Gasteiger partial charge in [0.2, 0.25) is 26.0 Å². The van der Waals surface area contributed by atoms with Crippen LogP contribution in [0.2, 0.25) is 0 Å². The minimum absolute atomic E-state index is 0.0148. The smallest absolute Gasteiger partial charge is 0.242 e. The highest BCUT2D eigenvalue weighted by Gasteiger charge is 2.37. The minimum Gasteiger partial charge on any atom is -0.273 e. The molecule has 0 unspecified atom stereocenters. The summed E-state index contributed by atoms with van der Waals surface area (Å²) in [5.74, 6) is -0.705. The molecule has 0 atom stereocenters. The van der Waals surface area contributed by atoms with E-state index in [0.29, 0.717) is 11.1 Å². The molecule has 0 aromatic heterocycles. The Morgan fingerprint density at radius 2 is 1.74 bits per heavy atom. The third-order valence-corrected chi connectivity index (χ3v) is 7.44. The van der Waals surface area contributed by atoms with Crippen molar-refractivity contribution in [3.8, 4) is 0 Å². The zero-order valence-electron chi connectivity index (χ0n) is 12.9. The van der Waals surface area contributed by atoms with Crippen LogP contribution in [-0.2, 0) is 24.8 Å². The second kappa shape index (κ2) is 5.29. The summed E-state index contributed by atoms with van der Waals surface area (Å²) in [5, 5.41) is 0. The van der Waals surface area contributed by atoms with Crippen LogP contribution >= 0.6 is 0 Å². The zero-order valence-corrected chi connectivity index (χ0v) is 14.5. The molecule has 9 heteroatoms. The van der Waals surface area contributed by atoms with Gasteiger partial charge in [0.25, 0.3) is 0 Å². The first-order valence-electron chi connectivity index (χ1n) is 7.31. The summed E-state index contributed by atoms with van der Waals surface area (Å²) >= 11 is 0. The molecule has 1 saturated carbocycles. The van der Waals surface area contributed by atoms with Crippen molar-refractivity contribution in [3.05, 3.63) is 23.3 Å². The normalized spacial score (nSPS) is 21.0. The second-order valence-corrected chi connectivity index (χ2v) is 9.62. The summed E-state index contributed by atoms with van der Waals surface area (Å²) in [5.41, 5.74) is 1.04. The first-order chi connectivity index (χ1) is 10.6. The van der Waals surface area contributed by atoms with Crippen molar-refractivity contribution in [2.75, 3.05) is 10.1 Å². The van der Waals surface area contributed by atoms with Gasteiger partial charge in [0.05, 0.1) is 16.3 Å². The van der Waals surface area contributed by atoms with Crippen LogP contribution in [0, 0.1) is 13.8 Å². The van der Waals surface area contributed by atoms with Gasteiger partial charge in [-0.05, 0) is 49.9 Å². The molecule has 126 valence electrons. The van der Waals surface area contributed by atoms with E-state index in [0.717, 1.165) is 17.1 Å². The summed E-state index contributed by atoms with van der Waals surface area (Å²) in [6.45, 7) is 3.20. The maximum absolute atomic E-state index is 12.4. The van der Waals surface area contributed by atoms with Gasteiger partial charge in [0.1, 0.15) is 0 Å². The first kappa shape index (κ1) is 16.4. The van der Waals surface area contributed by atoms with E-state index in [9.17, 15) is 21.6 Å². The van der Waals surface area contributed by atoms with Crippen molar-refractivity contribution in [1.82, 2.24) is 4.72 Å². The number of benzene rings is 1. The molecular formula is C14H18N2O5S2. The van der Waals surface area contributed by atoms with Crippen molar-refractivity contribution < 1.29 is 21.6 Å². The molecular weight excluding hydrogens is 340 g/mol. The third kappa shape index (κ3) is 3.00. The van der Waals surface area contributed by atoms with Crippen LogP contribution in [0.25, 0.3) is 0 Å². The number of hydrogen-bond acceptors (Lipinski definition) is 5. The summed E-state index contributed by atoms with van der Waals surface area (Å²) in [6, 6.07) is 2.86. The fraction of sp³-hybridized carbons (Fsp3) is 0.500. The van der Waals surface area contributed by atoms with Gasteiger partial charge < -0.3 is 0 Å². The number of sulfonamides is 2. The quantitative estimate of drug-likeness (QED) is 0.858. The van der Waals surface area contributed by atoms with E-state index in [4.69, 9.17) is 0 Å². The van der Waals surface area contributed by atoms with Crippen LogP contribution in [0.1, 0.15) is 30.4 Å². The third-order valence-electron chi connectivity index (χ3n) is 3.93. The number of anilines is 1. The number of rotatable bonds is 4. The molecule has 1 saturated heterocycles. The Bertz CT molecular complexity index is 863. The molecule has 1 aliphatic carbocycles. The molecule has 1 amide bonds. The van der Waals surface area contributed by atoms with E-state index in [2.05, 4.69) is 4.72 Å². The van der Waals surface area contributed by atoms with Crippen LogP contribution in [0.15, 0.2) is 17.0 Å². The Balaban J connectivity index is 2.06. The molecule has 1 aliphatic heterocycles. The van der Waals surface area contributed by atoms with Gasteiger partial charge in [-0.25, -0.2) is 25.9 Å². The predicted molar refractivity (Wildman–Crippen MR) is 85.1 cm³/mol. The topological polar surface area (TPSA) is 101 Å². The summed E-state index contributed by atoms with van der Waals surface area (Å²) in [6.07, 6.45) is 1.61. The maximum atomic E-state index is 12.4. The molecule has 23 heavy (non-hydrogen) atoms. The number of aryl methyl sites for hydroxylation is 2. The fourth-order valence-corrected chi connectivity index (χ4v) is 6.02. The summed E-state index contributed by atoms with van der Waals surface area (Å²) in [4.78, 5) is 12.0. The lowest BCUT2D eigenvalue weighted by Crippen LogP contribution is -2.30. The number of carbonyl (C=O) groups is 1. The van der Waals surface area contributed by atoms with Crippen LogP contribution in [0.3, 0.4) is 0 Å². The molecule has 2 aliphatic rings. The van der Waals surface area contributed by atoms with E-state index < -0.39 is 26.0 Å². The fourth-order valence-electron chi connectivity index (χ4n) is 2.82. The molecule has 7 nitrogen and oxygen atoms in total. The maximum Gasteiger partial charge on any atom is 0.242 e. The van der Waals surface area contributed by atoms with Gasteiger partial charge in [0, 0.05) is 12.5 Å². The number of nitrogens with zero attached hydrogens (tertiary/aromatic N) is 1. The predicted octanol–water partition coefficient (Wildman–Crippen LogP) is 0.811. The van der Waals surface area contributed by atoms with Crippen LogP contribution < -0.4 is 9.03 Å². The average molecular weight is 358 g/mol. The SMILES string of the molecule is Cc1cc(N2C(=O)CCS2(=O)=O)cc(C)c1S(=O)(=O)NC1CC1. The standard InChI is InChI=1S/C14H18N2O5S2/c1-9-7-12(16-13(17)5-6-22(16,18)19)8-10(2)14(9)23(20,21)15-11-3-4-11/h7-8,11,15H,3-6H2,1-2H3. The van der Waals surface area contributed by atoms with Crippen molar-refractivity contribution in [2.24, 2.45) is 0 Å². The number of amides is 1. The molecule has 0 bridgehead atoms. The Kier molecular flexibility index (Phi) is 3.77. The van der Waals surface area contributed by atoms with Crippen LogP contribution in [0.4, 0.5) is 5.69 Å². The molecule has 2 fully saturated rings. The van der Waals surface area contributed by atoms with E-state index in [1.54, 1.807) is 13.8 Å². The molecule has 1 aromatic rings. The monoisotopic (exact) mass is 358 g/mol. The highest BCUT2D eigenvalue weighted by molar-refractivity contribution is 7.94. The van der Waals surface area contributed by atoms with E-state index >= 15 is 0 Å². The Morgan fingerprint density at radius 3 is 2.17 bits per heavy atom. The lowest BCUT2D eigenvalue weighted by atomic mass is 10.1. The van der Waals surface area contributed by atoms with Gasteiger partial charge in [-0.2, -0.15) is 0 Å². The van der Waals surface area contributed by atoms with E-state index in [1.165, 1.54) is 12.1 Å². The van der Waals surface area contributed by atoms with Crippen LogP contribution in [0.5, 0.6) is 0 Å². The zero-order chi connectivity index (χ0) is 17.0. The number of hydrogen-bond donors (Lipinski definition) is 1. The van der Waals surface area contributed by atoms with Crippen molar-refractivity contribution in [3.63, 3.8) is 0 Å². The van der Waals surface area contributed by atoms with Gasteiger partial charge >= 0.3 is 0 Å². The average Bonchev–Trinajstić information content (AvgIpc) is 3.13. The largest absolute Gasteiger partial charge is 0.273 e. The highest BCUT2D eigenvalue weighted by atomic mass is 32.2. The molecule has 0 spiro atoms. The second-order valence-electron chi connectivity index (χ2n) is 6.03. The van der Waals surface area contributed by atoms with Gasteiger partial charge in [-0.15, -0.1) is 0 Å². The van der Waals surface area contributed by atoms with Gasteiger partial charge in [-0.3, -0.25) is 4.79 Å². The minimum atomic E-state index is -3.66. The van der Waals surface area contributed by atoms with E-state index in [-0.39, 0.29) is 28.8 Å². The molecule has 1 aromatic carbocycles. The highest BCUT2D eigenvalue weighted by Crippen LogP contribution is 2.32.